The van der Waals surface area contributed by atoms with Crippen LogP contribution >= 0.6 is 11.6 Å². The average molecular weight is 502 g/mol. The predicted molar refractivity (Wildman–Crippen MR) is 130 cm³/mol. The smallest absolute Gasteiger partial charge is 0.291 e. The summed E-state index contributed by atoms with van der Waals surface area (Å²) in [5.74, 6) is -2.08. The molecule has 7 N–H and O–H groups in total. The lowest BCUT2D eigenvalue weighted by Crippen LogP contribution is -2.49. The van der Waals surface area contributed by atoms with E-state index < -0.39 is 29.8 Å². The van der Waals surface area contributed by atoms with E-state index in [4.69, 9.17) is 11.6 Å². The lowest BCUT2D eigenvalue weighted by molar-refractivity contribution is -0.132. The van der Waals surface area contributed by atoms with Gasteiger partial charge >= 0.3 is 0 Å². The number of hydrogen-bond donors (Lipinski definition) is 7. The van der Waals surface area contributed by atoms with Gasteiger partial charge in [-0.25, -0.2) is 11.0 Å². The number of halogens is 1. The van der Waals surface area contributed by atoms with E-state index in [9.17, 15) is 24.8 Å². The SMILES string of the molecule is CC(C)C[C@H](NC(C(=O)NCc1ccccc1)c1c(C(=O)NO)[nH]c2cc(Cl)ccc12)C(=O)NO. The molecule has 0 radical (unpaired) electrons. The van der Waals surface area contributed by atoms with Gasteiger partial charge in [-0.15, -0.1) is 0 Å². The first-order valence-corrected chi connectivity index (χ1v) is 11.4. The first-order valence-electron chi connectivity index (χ1n) is 11.0. The van der Waals surface area contributed by atoms with Crippen LogP contribution in [0.1, 0.15) is 47.9 Å². The molecule has 186 valence electrons. The second kappa shape index (κ2) is 11.8. The van der Waals surface area contributed by atoms with Crippen LogP contribution in [-0.4, -0.2) is 39.2 Å². The molecule has 0 bridgehead atoms. The Balaban J connectivity index is 2.09. The quantitative estimate of drug-likeness (QED) is 0.167. The summed E-state index contributed by atoms with van der Waals surface area (Å²) < 4.78 is 0. The third-order valence-corrected chi connectivity index (χ3v) is 5.73. The van der Waals surface area contributed by atoms with Crippen LogP contribution in [0.15, 0.2) is 48.5 Å². The molecule has 1 aromatic heterocycles. The molecule has 0 spiro atoms. The molecule has 11 heteroatoms. The summed E-state index contributed by atoms with van der Waals surface area (Å²) in [6.07, 6.45) is 0.296. The lowest BCUT2D eigenvalue weighted by atomic mass is 9.97. The minimum atomic E-state index is -1.21. The topological polar surface area (TPSA) is 156 Å². The molecular weight excluding hydrogens is 474 g/mol. The number of nitrogens with one attached hydrogen (secondary N) is 5. The summed E-state index contributed by atoms with van der Waals surface area (Å²) in [4.78, 5) is 41.4. The summed E-state index contributed by atoms with van der Waals surface area (Å²) in [6.45, 7) is 3.99. The standard InChI is InChI=1S/C24H28ClN5O5/c1-13(2)10-18(22(31)29-34)28-20(23(32)26-12-14-6-4-3-5-7-14)19-16-9-8-15(25)11-17(16)27-21(19)24(33)30-35/h3-9,11,13,18,20,27-28,34-35H,10,12H2,1-2H3,(H,26,32)(H,29,31)(H,30,33)/t18-,20?/m0/s1. The fourth-order valence-electron chi connectivity index (χ4n) is 3.90. The van der Waals surface area contributed by atoms with E-state index in [1.165, 1.54) is 0 Å². The fourth-order valence-corrected chi connectivity index (χ4v) is 4.08. The van der Waals surface area contributed by atoms with Crippen molar-refractivity contribution in [3.63, 3.8) is 0 Å². The molecule has 2 atom stereocenters. The Labute approximate surface area is 207 Å². The van der Waals surface area contributed by atoms with Crippen molar-refractivity contribution in [3.05, 3.63) is 70.4 Å². The molecule has 0 saturated heterocycles. The first kappa shape index (κ1) is 26.2. The number of aromatic amines is 1. The molecule has 1 heterocycles. The third kappa shape index (κ3) is 6.37. The van der Waals surface area contributed by atoms with E-state index >= 15 is 0 Å². The van der Waals surface area contributed by atoms with E-state index in [0.717, 1.165) is 5.56 Å². The maximum absolute atomic E-state index is 13.5. The highest BCUT2D eigenvalue weighted by molar-refractivity contribution is 6.31. The number of aromatic nitrogens is 1. The van der Waals surface area contributed by atoms with Gasteiger partial charge in [0, 0.05) is 28.0 Å². The summed E-state index contributed by atoms with van der Waals surface area (Å²) in [5.41, 5.74) is 4.67. The minimum Gasteiger partial charge on any atom is -0.350 e. The van der Waals surface area contributed by atoms with E-state index in [1.54, 1.807) is 29.2 Å². The number of carbonyl (C=O) groups excluding carboxylic acids is 3. The van der Waals surface area contributed by atoms with Crippen molar-refractivity contribution in [1.82, 2.24) is 26.6 Å². The maximum Gasteiger partial charge on any atom is 0.291 e. The zero-order valence-electron chi connectivity index (χ0n) is 19.3. The molecule has 1 unspecified atom stereocenters. The second-order valence-corrected chi connectivity index (χ2v) is 8.94. The second-order valence-electron chi connectivity index (χ2n) is 8.51. The van der Waals surface area contributed by atoms with Crippen LogP contribution in [0.4, 0.5) is 0 Å². The zero-order valence-corrected chi connectivity index (χ0v) is 20.0. The van der Waals surface area contributed by atoms with E-state index in [2.05, 4.69) is 15.6 Å². The molecule has 3 aromatic rings. The number of carbonyl (C=O) groups is 3. The highest BCUT2D eigenvalue weighted by Gasteiger charge is 2.33. The Morgan fingerprint density at radius 3 is 2.34 bits per heavy atom. The summed E-state index contributed by atoms with van der Waals surface area (Å²) in [7, 11) is 0. The van der Waals surface area contributed by atoms with Gasteiger partial charge in [-0.2, -0.15) is 0 Å². The molecule has 3 rings (SSSR count). The van der Waals surface area contributed by atoms with Crippen LogP contribution in [-0.2, 0) is 16.1 Å². The van der Waals surface area contributed by atoms with Crippen LogP contribution in [0.3, 0.4) is 0 Å². The van der Waals surface area contributed by atoms with Gasteiger partial charge in [0.15, 0.2) is 0 Å². The maximum atomic E-state index is 13.5. The summed E-state index contributed by atoms with van der Waals surface area (Å²) in [6, 6.07) is 11.9. The van der Waals surface area contributed by atoms with Gasteiger partial charge in [0.2, 0.25) is 5.91 Å². The minimum absolute atomic E-state index is 0.0415. The van der Waals surface area contributed by atoms with Gasteiger partial charge in [-0.1, -0.05) is 61.8 Å². The van der Waals surface area contributed by atoms with Crippen molar-refractivity contribution in [3.8, 4) is 0 Å². The molecule has 35 heavy (non-hydrogen) atoms. The number of hydroxylamine groups is 2. The van der Waals surface area contributed by atoms with Crippen LogP contribution in [0.25, 0.3) is 10.9 Å². The number of rotatable bonds is 10. The lowest BCUT2D eigenvalue weighted by Gasteiger charge is -2.26. The predicted octanol–water partition coefficient (Wildman–Crippen LogP) is 2.81. The van der Waals surface area contributed by atoms with E-state index in [1.807, 2.05) is 44.2 Å². The molecule has 0 aliphatic rings. The molecule has 0 fully saturated rings. The first-order chi connectivity index (χ1) is 16.7. The molecule has 3 amide bonds. The molecule has 0 aliphatic carbocycles. The summed E-state index contributed by atoms with van der Waals surface area (Å²) >= 11 is 6.11. The summed E-state index contributed by atoms with van der Waals surface area (Å²) in [5, 5.41) is 25.3. The fraction of sp³-hybridized carbons (Fsp3) is 0.292. The van der Waals surface area contributed by atoms with Crippen LogP contribution < -0.4 is 21.6 Å². The Bertz CT molecular complexity index is 1200. The van der Waals surface area contributed by atoms with Crippen molar-refractivity contribution in [1.29, 1.82) is 0 Å². The van der Waals surface area contributed by atoms with Crippen LogP contribution in [0.2, 0.25) is 5.02 Å². The van der Waals surface area contributed by atoms with Gasteiger partial charge in [0.25, 0.3) is 11.8 Å². The molecule has 0 saturated carbocycles. The van der Waals surface area contributed by atoms with Crippen molar-refractivity contribution >= 4 is 40.2 Å². The van der Waals surface area contributed by atoms with Crippen LogP contribution in [0.5, 0.6) is 0 Å². The van der Waals surface area contributed by atoms with Crippen molar-refractivity contribution in [2.24, 2.45) is 5.92 Å². The molecule has 2 aromatic carbocycles. The zero-order chi connectivity index (χ0) is 25.5. The largest absolute Gasteiger partial charge is 0.350 e. The van der Waals surface area contributed by atoms with Crippen molar-refractivity contribution in [2.75, 3.05) is 0 Å². The van der Waals surface area contributed by atoms with E-state index in [0.29, 0.717) is 22.3 Å². The van der Waals surface area contributed by atoms with E-state index in [-0.39, 0.29) is 23.7 Å². The Kier molecular flexibility index (Phi) is 8.83. The highest BCUT2D eigenvalue weighted by Crippen LogP contribution is 2.31. The Morgan fingerprint density at radius 1 is 1.00 bits per heavy atom. The number of fused-ring (bicyclic) bond motifs is 1. The van der Waals surface area contributed by atoms with Gasteiger partial charge < -0.3 is 10.3 Å². The number of amides is 3. The molecule has 0 aliphatic heterocycles. The third-order valence-electron chi connectivity index (χ3n) is 5.49. The Hall–Kier alpha value is -3.44. The molecule has 10 nitrogen and oxygen atoms in total. The monoisotopic (exact) mass is 501 g/mol. The number of H-pyrrole nitrogens is 1. The van der Waals surface area contributed by atoms with Crippen LogP contribution in [0, 0.1) is 5.92 Å². The normalized spacial score (nSPS) is 12.9. The number of hydrogen-bond acceptors (Lipinski definition) is 6. The van der Waals surface area contributed by atoms with Crippen molar-refractivity contribution in [2.45, 2.75) is 38.9 Å². The number of benzene rings is 2. The highest BCUT2D eigenvalue weighted by atomic mass is 35.5. The van der Waals surface area contributed by atoms with Gasteiger partial charge in [-0.3, -0.25) is 30.1 Å². The van der Waals surface area contributed by atoms with Crippen molar-refractivity contribution < 1.29 is 24.8 Å². The van der Waals surface area contributed by atoms with Gasteiger partial charge in [-0.05, 0) is 30.0 Å². The Morgan fingerprint density at radius 2 is 1.71 bits per heavy atom. The molecular formula is C24H28ClN5O5. The van der Waals surface area contributed by atoms with Gasteiger partial charge in [0.1, 0.15) is 11.7 Å². The average Bonchev–Trinajstić information content (AvgIpc) is 3.22. The van der Waals surface area contributed by atoms with Gasteiger partial charge in [0.05, 0.1) is 6.04 Å².